The molecule has 2 N–H and O–H groups in total. The third kappa shape index (κ3) is 5.23. The van der Waals surface area contributed by atoms with Crippen molar-refractivity contribution in [3.05, 3.63) is 59.2 Å². The van der Waals surface area contributed by atoms with E-state index in [2.05, 4.69) is 34.5 Å². The SMILES string of the molecule is CC1(C)COc2cc([C@@H](O)[C@@H](CN3CCCC3)NC(=O)CC3Cc4ccccc4C3)ccc2O1. The Balaban J connectivity index is 1.27. The van der Waals surface area contributed by atoms with Gasteiger partial charge in [-0.05, 0) is 87.4 Å². The van der Waals surface area contributed by atoms with Gasteiger partial charge in [0.15, 0.2) is 11.5 Å². The van der Waals surface area contributed by atoms with Crippen LogP contribution in [0.15, 0.2) is 42.5 Å². The number of nitrogens with zero attached hydrogens (tertiary/aromatic N) is 1. The molecule has 0 spiro atoms. The number of carbonyl (C=O) groups is 1. The van der Waals surface area contributed by atoms with Crippen molar-refractivity contribution in [2.24, 2.45) is 5.92 Å². The molecule has 0 saturated carbocycles. The highest BCUT2D eigenvalue weighted by atomic mass is 16.6. The van der Waals surface area contributed by atoms with E-state index in [0.717, 1.165) is 44.3 Å². The van der Waals surface area contributed by atoms with Crippen molar-refractivity contribution < 1.29 is 19.4 Å². The molecule has 0 unspecified atom stereocenters. The van der Waals surface area contributed by atoms with Gasteiger partial charge in [-0.1, -0.05) is 30.3 Å². The molecule has 2 aromatic carbocycles. The van der Waals surface area contributed by atoms with E-state index in [1.165, 1.54) is 11.1 Å². The molecule has 182 valence electrons. The molecule has 5 rings (SSSR count). The van der Waals surface area contributed by atoms with E-state index in [0.29, 0.717) is 37.0 Å². The molecule has 34 heavy (non-hydrogen) atoms. The maximum atomic E-state index is 13.1. The van der Waals surface area contributed by atoms with E-state index in [-0.39, 0.29) is 17.6 Å². The lowest BCUT2D eigenvalue weighted by atomic mass is 9.98. The van der Waals surface area contributed by atoms with Crippen LogP contribution in [0.1, 0.15) is 55.9 Å². The second-order valence-corrected chi connectivity index (χ2v) is 10.7. The third-order valence-electron chi connectivity index (χ3n) is 7.26. The maximum Gasteiger partial charge on any atom is 0.220 e. The van der Waals surface area contributed by atoms with Gasteiger partial charge < -0.3 is 24.8 Å². The summed E-state index contributed by atoms with van der Waals surface area (Å²) in [5, 5.41) is 14.5. The van der Waals surface area contributed by atoms with E-state index in [9.17, 15) is 9.90 Å². The van der Waals surface area contributed by atoms with Crippen LogP contribution < -0.4 is 14.8 Å². The second-order valence-electron chi connectivity index (χ2n) is 10.7. The Morgan fingerprint density at radius 1 is 1.12 bits per heavy atom. The standard InChI is InChI=1S/C28H36N2O4/c1-28(2)18-33-25-16-22(9-10-24(25)34-28)27(32)23(17-30-11-5-6-12-30)29-26(31)15-19-13-20-7-3-4-8-21(20)14-19/h3-4,7-10,16,19,23,27,32H,5-6,11-15,17-18H2,1-2H3,(H,29,31)/t23-,27-/m1/s1. The van der Waals surface area contributed by atoms with Crippen molar-refractivity contribution in [3.8, 4) is 11.5 Å². The topological polar surface area (TPSA) is 71.0 Å². The molecule has 1 saturated heterocycles. The zero-order chi connectivity index (χ0) is 23.7. The number of amides is 1. The number of hydrogen-bond donors (Lipinski definition) is 2. The average Bonchev–Trinajstić information content (AvgIpc) is 3.46. The van der Waals surface area contributed by atoms with Crippen LogP contribution in [0.5, 0.6) is 11.5 Å². The summed E-state index contributed by atoms with van der Waals surface area (Å²) in [6, 6.07) is 13.7. The van der Waals surface area contributed by atoms with Gasteiger partial charge in [0.05, 0.1) is 6.04 Å². The number of aliphatic hydroxyl groups excluding tert-OH is 1. The Morgan fingerprint density at radius 2 is 1.82 bits per heavy atom. The first kappa shape index (κ1) is 23.2. The smallest absolute Gasteiger partial charge is 0.220 e. The van der Waals surface area contributed by atoms with Gasteiger partial charge in [-0.25, -0.2) is 0 Å². The van der Waals surface area contributed by atoms with Crippen molar-refractivity contribution in [2.75, 3.05) is 26.2 Å². The molecule has 6 nitrogen and oxygen atoms in total. The lowest BCUT2D eigenvalue weighted by Gasteiger charge is -2.33. The molecular formula is C28H36N2O4. The summed E-state index contributed by atoms with van der Waals surface area (Å²) < 4.78 is 11.9. The van der Waals surface area contributed by atoms with Crippen LogP contribution in [0.25, 0.3) is 0 Å². The van der Waals surface area contributed by atoms with Crippen molar-refractivity contribution in [3.63, 3.8) is 0 Å². The van der Waals surface area contributed by atoms with Gasteiger partial charge in [-0.15, -0.1) is 0 Å². The first-order valence-electron chi connectivity index (χ1n) is 12.6. The Bertz CT molecular complexity index is 1010. The van der Waals surface area contributed by atoms with Crippen LogP contribution in [0, 0.1) is 5.92 Å². The first-order chi connectivity index (χ1) is 16.4. The van der Waals surface area contributed by atoms with Crippen LogP contribution in [-0.2, 0) is 17.6 Å². The van der Waals surface area contributed by atoms with Crippen LogP contribution in [0.4, 0.5) is 0 Å². The molecule has 0 radical (unpaired) electrons. The zero-order valence-corrected chi connectivity index (χ0v) is 20.3. The maximum absolute atomic E-state index is 13.1. The van der Waals surface area contributed by atoms with Gasteiger partial charge in [0, 0.05) is 13.0 Å². The largest absolute Gasteiger partial charge is 0.486 e. The fourth-order valence-corrected chi connectivity index (χ4v) is 5.51. The number of benzene rings is 2. The summed E-state index contributed by atoms with van der Waals surface area (Å²) >= 11 is 0. The highest BCUT2D eigenvalue weighted by Crippen LogP contribution is 2.37. The van der Waals surface area contributed by atoms with Gasteiger partial charge in [-0.3, -0.25) is 4.79 Å². The van der Waals surface area contributed by atoms with Crippen molar-refractivity contribution in [2.45, 2.75) is 63.7 Å². The fourth-order valence-electron chi connectivity index (χ4n) is 5.51. The van der Waals surface area contributed by atoms with Crippen LogP contribution in [0.3, 0.4) is 0 Å². The molecule has 2 atom stereocenters. The number of likely N-dealkylation sites (tertiary alicyclic amines) is 1. The number of aliphatic hydroxyl groups is 1. The molecule has 0 bridgehead atoms. The highest BCUT2D eigenvalue weighted by molar-refractivity contribution is 5.77. The van der Waals surface area contributed by atoms with Gasteiger partial charge in [0.2, 0.25) is 5.91 Å². The molecule has 3 aliphatic rings. The van der Waals surface area contributed by atoms with Crippen LogP contribution in [-0.4, -0.2) is 53.8 Å². The van der Waals surface area contributed by atoms with E-state index < -0.39 is 6.10 Å². The first-order valence-corrected chi connectivity index (χ1v) is 12.6. The second kappa shape index (κ2) is 9.59. The molecular weight excluding hydrogens is 428 g/mol. The zero-order valence-electron chi connectivity index (χ0n) is 20.3. The molecule has 1 aliphatic carbocycles. The van der Waals surface area contributed by atoms with Crippen molar-refractivity contribution >= 4 is 5.91 Å². The summed E-state index contributed by atoms with van der Waals surface area (Å²) in [7, 11) is 0. The Hall–Kier alpha value is -2.57. The quantitative estimate of drug-likeness (QED) is 0.655. The lowest BCUT2D eigenvalue weighted by molar-refractivity contribution is -0.123. The molecule has 1 fully saturated rings. The molecule has 2 aromatic rings. The molecule has 0 aromatic heterocycles. The number of rotatable bonds is 7. The molecule has 1 amide bonds. The van der Waals surface area contributed by atoms with E-state index in [4.69, 9.17) is 9.47 Å². The predicted octanol–water partition coefficient (Wildman–Crippen LogP) is 3.66. The summed E-state index contributed by atoms with van der Waals surface area (Å²) in [6.45, 7) is 7.09. The number of hydrogen-bond acceptors (Lipinski definition) is 5. The molecule has 2 heterocycles. The highest BCUT2D eigenvalue weighted by Gasteiger charge is 2.32. The van der Waals surface area contributed by atoms with E-state index in [1.807, 2.05) is 32.0 Å². The van der Waals surface area contributed by atoms with E-state index >= 15 is 0 Å². The van der Waals surface area contributed by atoms with Gasteiger partial charge >= 0.3 is 0 Å². The summed E-state index contributed by atoms with van der Waals surface area (Å²) in [5.74, 6) is 1.67. The summed E-state index contributed by atoms with van der Waals surface area (Å²) in [4.78, 5) is 15.4. The van der Waals surface area contributed by atoms with Crippen molar-refractivity contribution in [1.29, 1.82) is 0 Å². The number of carbonyl (C=O) groups excluding carboxylic acids is 1. The van der Waals surface area contributed by atoms with Crippen LogP contribution in [0.2, 0.25) is 0 Å². The predicted molar refractivity (Wildman–Crippen MR) is 131 cm³/mol. The Labute approximate surface area is 202 Å². The van der Waals surface area contributed by atoms with Gasteiger partial charge in [0.1, 0.15) is 18.3 Å². The minimum atomic E-state index is -0.825. The van der Waals surface area contributed by atoms with Gasteiger partial charge in [-0.2, -0.15) is 0 Å². The summed E-state index contributed by atoms with van der Waals surface area (Å²) in [5.41, 5.74) is 3.07. The monoisotopic (exact) mass is 464 g/mol. The minimum absolute atomic E-state index is 0.0142. The van der Waals surface area contributed by atoms with Gasteiger partial charge in [0.25, 0.3) is 0 Å². The number of nitrogens with one attached hydrogen (secondary N) is 1. The molecule has 2 aliphatic heterocycles. The van der Waals surface area contributed by atoms with Crippen LogP contribution >= 0.6 is 0 Å². The normalized spacial score (nSPS) is 21.1. The van der Waals surface area contributed by atoms with E-state index in [1.54, 1.807) is 0 Å². The number of ether oxygens (including phenoxy) is 2. The third-order valence-corrected chi connectivity index (χ3v) is 7.26. The fraction of sp³-hybridized carbons (Fsp3) is 0.536. The molecule has 6 heteroatoms. The summed E-state index contributed by atoms with van der Waals surface area (Å²) in [6.07, 6.45) is 3.87. The lowest BCUT2D eigenvalue weighted by Crippen LogP contribution is -2.47. The minimum Gasteiger partial charge on any atom is -0.486 e. The van der Waals surface area contributed by atoms with Crippen molar-refractivity contribution in [1.82, 2.24) is 10.2 Å². The Morgan fingerprint density at radius 3 is 2.53 bits per heavy atom. The average molecular weight is 465 g/mol. The Kier molecular flexibility index (Phi) is 6.54. The number of fused-ring (bicyclic) bond motifs is 2.